The molecule has 0 amide bonds. The van der Waals surface area contributed by atoms with Gasteiger partial charge in [-0.3, -0.25) is 0 Å². The topological polar surface area (TPSA) is 20.7 Å². The van der Waals surface area contributed by atoms with E-state index in [4.69, 9.17) is 23.8 Å². The first-order chi connectivity index (χ1) is 9.54. The van der Waals surface area contributed by atoms with Crippen LogP contribution in [0.5, 0.6) is 0 Å². The van der Waals surface area contributed by atoms with Crippen LogP contribution >= 0.6 is 23.8 Å². The van der Waals surface area contributed by atoms with Gasteiger partial charge >= 0.3 is 0 Å². The number of hydrogen-bond donors (Lipinski definition) is 1. The van der Waals surface area contributed by atoms with Crippen LogP contribution in [0.1, 0.15) is 32.6 Å². The average Bonchev–Trinajstić information content (AvgIpc) is 2.69. The fourth-order valence-corrected chi connectivity index (χ4v) is 3.54. The molecule has 1 aliphatic carbocycles. The highest BCUT2D eigenvalue weighted by Gasteiger charge is 2.20. The summed E-state index contributed by atoms with van der Waals surface area (Å²) in [6.45, 7) is 3.21. The van der Waals surface area contributed by atoms with Crippen LogP contribution in [-0.4, -0.2) is 9.55 Å². The predicted molar refractivity (Wildman–Crippen MR) is 83.2 cm³/mol. The fourth-order valence-electron chi connectivity index (χ4n) is 3.10. The maximum absolute atomic E-state index is 13.5. The zero-order valence-electron chi connectivity index (χ0n) is 11.5. The molecule has 1 aliphatic rings. The normalized spacial score (nSPS) is 23.4. The number of fused-ring (bicyclic) bond motifs is 1. The fraction of sp³-hybridized carbons (Fsp3) is 0.533. The van der Waals surface area contributed by atoms with Gasteiger partial charge in [0, 0.05) is 12.6 Å². The number of imidazole rings is 1. The van der Waals surface area contributed by atoms with E-state index in [9.17, 15) is 4.39 Å². The van der Waals surface area contributed by atoms with E-state index < -0.39 is 5.82 Å². The number of halogens is 2. The van der Waals surface area contributed by atoms with Crippen molar-refractivity contribution in [2.45, 2.75) is 39.2 Å². The van der Waals surface area contributed by atoms with Crippen LogP contribution in [0.25, 0.3) is 11.0 Å². The van der Waals surface area contributed by atoms with Crippen molar-refractivity contribution in [3.8, 4) is 0 Å². The maximum atomic E-state index is 13.5. The lowest BCUT2D eigenvalue weighted by Crippen LogP contribution is -2.17. The number of hydrogen-bond acceptors (Lipinski definition) is 1. The van der Waals surface area contributed by atoms with Crippen molar-refractivity contribution in [2.75, 3.05) is 0 Å². The summed E-state index contributed by atoms with van der Waals surface area (Å²) in [5.74, 6) is 1.08. The van der Waals surface area contributed by atoms with E-state index in [1.807, 2.05) is 0 Å². The van der Waals surface area contributed by atoms with E-state index >= 15 is 0 Å². The number of nitrogens with one attached hydrogen (secondary N) is 1. The summed E-state index contributed by atoms with van der Waals surface area (Å²) in [4.78, 5) is 3.07. The SMILES string of the molecule is CC1CCC(Cn2c(=S)[nH]c3cc(F)c(Cl)cc32)CC1. The monoisotopic (exact) mass is 312 g/mol. The summed E-state index contributed by atoms with van der Waals surface area (Å²) in [6.07, 6.45) is 5.06. The molecule has 0 bridgehead atoms. The Bertz CT molecular complexity index is 683. The molecule has 1 aromatic carbocycles. The quantitative estimate of drug-likeness (QED) is 0.744. The second-order valence-corrected chi connectivity index (χ2v) is 6.74. The number of H-pyrrole nitrogens is 1. The Morgan fingerprint density at radius 2 is 2.05 bits per heavy atom. The summed E-state index contributed by atoms with van der Waals surface area (Å²) in [6, 6.07) is 3.09. The van der Waals surface area contributed by atoms with Crippen LogP contribution in [0, 0.1) is 22.4 Å². The Hall–Kier alpha value is -0.870. The van der Waals surface area contributed by atoms with E-state index in [2.05, 4.69) is 16.5 Å². The second kappa shape index (κ2) is 5.49. The molecular formula is C15H18ClFN2S. The molecule has 5 heteroatoms. The Labute approximate surface area is 127 Å². The number of aromatic amines is 1. The molecule has 20 heavy (non-hydrogen) atoms. The molecule has 0 spiro atoms. The van der Waals surface area contributed by atoms with E-state index in [0.717, 1.165) is 23.5 Å². The molecule has 1 saturated carbocycles. The zero-order chi connectivity index (χ0) is 14.3. The molecule has 3 rings (SSSR count). The van der Waals surface area contributed by atoms with E-state index in [0.29, 0.717) is 10.7 Å². The van der Waals surface area contributed by atoms with Crippen molar-refractivity contribution >= 4 is 34.9 Å². The van der Waals surface area contributed by atoms with Crippen molar-refractivity contribution in [1.82, 2.24) is 9.55 Å². The molecule has 1 aromatic heterocycles. The maximum Gasteiger partial charge on any atom is 0.178 e. The molecule has 1 N–H and O–H groups in total. The molecule has 1 heterocycles. The third-order valence-electron chi connectivity index (χ3n) is 4.39. The van der Waals surface area contributed by atoms with Gasteiger partial charge in [-0.15, -0.1) is 0 Å². The van der Waals surface area contributed by atoms with Crippen molar-refractivity contribution < 1.29 is 4.39 Å². The summed E-state index contributed by atoms with van der Waals surface area (Å²) in [5, 5.41) is 0.150. The highest BCUT2D eigenvalue weighted by molar-refractivity contribution is 7.71. The van der Waals surface area contributed by atoms with Gasteiger partial charge in [0.05, 0.1) is 16.1 Å². The predicted octanol–water partition coefficient (Wildman–Crippen LogP) is 5.32. The molecule has 0 aliphatic heterocycles. The lowest BCUT2D eigenvalue weighted by molar-refractivity contribution is 0.266. The van der Waals surface area contributed by atoms with Gasteiger partial charge in [0.1, 0.15) is 5.82 Å². The van der Waals surface area contributed by atoms with Gasteiger partial charge in [-0.1, -0.05) is 31.4 Å². The van der Waals surface area contributed by atoms with Crippen molar-refractivity contribution in [3.05, 3.63) is 27.7 Å². The summed E-state index contributed by atoms with van der Waals surface area (Å²) in [5.41, 5.74) is 1.63. The first kappa shape index (κ1) is 14.1. The minimum absolute atomic E-state index is 0.150. The summed E-state index contributed by atoms with van der Waals surface area (Å²) in [7, 11) is 0. The minimum Gasteiger partial charge on any atom is -0.330 e. The van der Waals surface area contributed by atoms with Crippen LogP contribution in [0.4, 0.5) is 4.39 Å². The standard InChI is InChI=1S/C15H18ClFN2S/c1-9-2-4-10(5-3-9)8-19-14-6-11(16)12(17)7-13(14)18-15(19)20/h6-7,9-10H,2-5,8H2,1H3,(H,18,20). The zero-order valence-corrected chi connectivity index (χ0v) is 13.0. The second-order valence-electron chi connectivity index (χ2n) is 5.95. The number of rotatable bonds is 2. The smallest absolute Gasteiger partial charge is 0.178 e. The first-order valence-corrected chi connectivity index (χ1v) is 7.91. The molecule has 1 fully saturated rings. The highest BCUT2D eigenvalue weighted by atomic mass is 35.5. The molecule has 0 radical (unpaired) electrons. The Morgan fingerprint density at radius 1 is 1.35 bits per heavy atom. The summed E-state index contributed by atoms with van der Waals surface area (Å²) >= 11 is 11.3. The first-order valence-electron chi connectivity index (χ1n) is 7.12. The van der Waals surface area contributed by atoms with Gasteiger partial charge < -0.3 is 9.55 Å². The lowest BCUT2D eigenvalue weighted by Gasteiger charge is -2.26. The average molecular weight is 313 g/mol. The van der Waals surface area contributed by atoms with Crippen molar-refractivity contribution in [1.29, 1.82) is 0 Å². The lowest BCUT2D eigenvalue weighted by atomic mass is 9.83. The van der Waals surface area contributed by atoms with Gasteiger partial charge in [-0.05, 0) is 43.0 Å². The summed E-state index contributed by atoms with van der Waals surface area (Å²) < 4.78 is 16.2. The van der Waals surface area contributed by atoms with Crippen molar-refractivity contribution in [2.24, 2.45) is 11.8 Å². The third kappa shape index (κ3) is 2.63. The molecular weight excluding hydrogens is 295 g/mol. The minimum atomic E-state index is -0.408. The van der Waals surface area contributed by atoms with Crippen LogP contribution in [0.15, 0.2) is 12.1 Å². The molecule has 2 aromatic rings. The van der Waals surface area contributed by atoms with E-state index in [1.54, 1.807) is 6.07 Å². The van der Waals surface area contributed by atoms with Crippen LogP contribution < -0.4 is 0 Å². The number of benzene rings is 1. The molecule has 2 nitrogen and oxygen atoms in total. The molecule has 108 valence electrons. The van der Waals surface area contributed by atoms with E-state index in [-0.39, 0.29) is 5.02 Å². The van der Waals surface area contributed by atoms with E-state index in [1.165, 1.54) is 31.7 Å². The Balaban J connectivity index is 1.93. The van der Waals surface area contributed by atoms with Crippen LogP contribution in [0.3, 0.4) is 0 Å². The van der Waals surface area contributed by atoms with Gasteiger partial charge in [-0.25, -0.2) is 4.39 Å². The van der Waals surface area contributed by atoms with Gasteiger partial charge in [-0.2, -0.15) is 0 Å². The van der Waals surface area contributed by atoms with Gasteiger partial charge in [0.2, 0.25) is 0 Å². The van der Waals surface area contributed by atoms with Crippen LogP contribution in [-0.2, 0) is 6.54 Å². The number of aromatic nitrogens is 2. The Kier molecular flexibility index (Phi) is 3.87. The van der Waals surface area contributed by atoms with Crippen molar-refractivity contribution in [3.63, 3.8) is 0 Å². The largest absolute Gasteiger partial charge is 0.330 e. The van der Waals surface area contributed by atoms with Gasteiger partial charge in [0.15, 0.2) is 4.77 Å². The molecule has 0 unspecified atom stereocenters. The van der Waals surface area contributed by atoms with Gasteiger partial charge in [0.25, 0.3) is 0 Å². The highest BCUT2D eigenvalue weighted by Crippen LogP contribution is 2.31. The third-order valence-corrected chi connectivity index (χ3v) is 5.00. The Morgan fingerprint density at radius 3 is 2.75 bits per heavy atom. The molecule has 0 atom stereocenters. The molecule has 0 saturated heterocycles. The van der Waals surface area contributed by atoms with Crippen LogP contribution in [0.2, 0.25) is 5.02 Å². The number of nitrogens with zero attached hydrogens (tertiary/aromatic N) is 1.